The molecule has 1 aromatic heterocycles. The van der Waals surface area contributed by atoms with Gasteiger partial charge in [0.05, 0.1) is 12.7 Å². The van der Waals surface area contributed by atoms with E-state index in [0.29, 0.717) is 31.1 Å². The van der Waals surface area contributed by atoms with Crippen LogP contribution < -0.4 is 10.1 Å². The normalized spacial score (nSPS) is 10.4. The lowest BCUT2D eigenvalue weighted by atomic mass is 10.1. The first kappa shape index (κ1) is 17.6. The van der Waals surface area contributed by atoms with Crippen LogP contribution in [-0.2, 0) is 17.8 Å². The molecule has 1 amide bonds. The molecule has 2 rings (SSSR count). The monoisotopic (exact) mass is 333 g/mol. The fourth-order valence-corrected chi connectivity index (χ4v) is 2.20. The first-order valence-corrected chi connectivity index (χ1v) is 7.31. The van der Waals surface area contributed by atoms with Crippen molar-refractivity contribution in [2.24, 2.45) is 0 Å². The largest absolute Gasteiger partial charge is 0.496 e. The van der Waals surface area contributed by atoms with E-state index in [4.69, 9.17) is 19.0 Å². The molecule has 0 fully saturated rings. The van der Waals surface area contributed by atoms with Gasteiger partial charge < -0.3 is 24.3 Å². The molecule has 2 N–H and O–H groups in total. The minimum absolute atomic E-state index is 0.154. The van der Waals surface area contributed by atoms with Gasteiger partial charge in [0.2, 0.25) is 0 Å². The zero-order chi connectivity index (χ0) is 17.5. The minimum Gasteiger partial charge on any atom is -0.496 e. The Hall–Kier alpha value is -2.80. The quantitative estimate of drug-likeness (QED) is 0.768. The fraction of sp³-hybridized carbons (Fsp3) is 0.294. The van der Waals surface area contributed by atoms with E-state index in [1.807, 2.05) is 0 Å². The second-order valence-corrected chi connectivity index (χ2v) is 5.04. The highest BCUT2D eigenvalue weighted by Crippen LogP contribution is 2.20. The van der Waals surface area contributed by atoms with E-state index in [1.165, 1.54) is 19.2 Å². The van der Waals surface area contributed by atoms with Crippen LogP contribution in [0, 0.1) is 0 Å². The summed E-state index contributed by atoms with van der Waals surface area (Å²) < 4.78 is 15.5. The van der Waals surface area contributed by atoms with E-state index < -0.39 is 5.97 Å². The van der Waals surface area contributed by atoms with Crippen LogP contribution in [0.25, 0.3) is 0 Å². The number of carbonyl (C=O) groups excluding carboxylic acids is 1. The average Bonchev–Trinajstić information content (AvgIpc) is 3.04. The van der Waals surface area contributed by atoms with Gasteiger partial charge in [0.25, 0.3) is 5.91 Å². The van der Waals surface area contributed by atoms with Gasteiger partial charge in [0.1, 0.15) is 18.1 Å². The van der Waals surface area contributed by atoms with Gasteiger partial charge in [-0.2, -0.15) is 0 Å². The number of amides is 1. The Morgan fingerprint density at radius 1 is 1.21 bits per heavy atom. The fourth-order valence-electron chi connectivity index (χ4n) is 2.20. The van der Waals surface area contributed by atoms with Gasteiger partial charge in [0, 0.05) is 13.7 Å². The predicted octanol–water partition coefficient (Wildman–Crippen LogP) is 2.11. The van der Waals surface area contributed by atoms with Crippen molar-refractivity contribution in [3.63, 3.8) is 0 Å². The van der Waals surface area contributed by atoms with Crippen LogP contribution >= 0.6 is 0 Å². The van der Waals surface area contributed by atoms with Crippen molar-refractivity contribution in [1.82, 2.24) is 5.32 Å². The third-order valence-electron chi connectivity index (χ3n) is 3.39. The van der Waals surface area contributed by atoms with Gasteiger partial charge in [-0.05, 0) is 36.2 Å². The van der Waals surface area contributed by atoms with Crippen LogP contribution in [0.1, 0.15) is 32.2 Å². The summed E-state index contributed by atoms with van der Waals surface area (Å²) in [4.78, 5) is 23.0. The van der Waals surface area contributed by atoms with Crippen LogP contribution in [0.2, 0.25) is 0 Å². The minimum atomic E-state index is -1.02. The Morgan fingerprint density at radius 2 is 2.00 bits per heavy atom. The second-order valence-electron chi connectivity index (χ2n) is 5.04. The number of hydrogen-bond donors (Lipinski definition) is 2. The lowest BCUT2D eigenvalue weighted by Gasteiger charge is -2.10. The van der Waals surface area contributed by atoms with Crippen LogP contribution in [0.3, 0.4) is 0 Å². The molecule has 0 spiro atoms. The maximum Gasteiger partial charge on any atom is 0.335 e. The van der Waals surface area contributed by atoms with E-state index in [-0.39, 0.29) is 17.2 Å². The topological polar surface area (TPSA) is 98.0 Å². The van der Waals surface area contributed by atoms with Crippen molar-refractivity contribution >= 4 is 11.9 Å². The van der Waals surface area contributed by atoms with Gasteiger partial charge in [-0.1, -0.05) is 6.07 Å². The Kier molecular flexibility index (Phi) is 5.97. The van der Waals surface area contributed by atoms with Crippen molar-refractivity contribution in [2.75, 3.05) is 20.8 Å². The van der Waals surface area contributed by atoms with Crippen LogP contribution in [0.4, 0.5) is 0 Å². The predicted molar refractivity (Wildman–Crippen MR) is 85.4 cm³/mol. The number of aromatic carboxylic acids is 1. The summed E-state index contributed by atoms with van der Waals surface area (Å²) >= 11 is 0. The molecule has 0 bridgehead atoms. The molecule has 0 aliphatic rings. The number of methoxy groups -OCH3 is 2. The summed E-state index contributed by atoms with van der Waals surface area (Å²) in [6.07, 6.45) is 0.500. The summed E-state index contributed by atoms with van der Waals surface area (Å²) in [6, 6.07) is 7.92. The molecule has 128 valence electrons. The molecule has 7 nitrogen and oxygen atoms in total. The van der Waals surface area contributed by atoms with E-state index in [1.54, 1.807) is 25.3 Å². The lowest BCUT2D eigenvalue weighted by Crippen LogP contribution is -2.25. The molecule has 0 unspecified atom stereocenters. The van der Waals surface area contributed by atoms with Gasteiger partial charge in [-0.3, -0.25) is 4.79 Å². The number of carbonyl (C=O) groups is 2. The van der Waals surface area contributed by atoms with Gasteiger partial charge in [0.15, 0.2) is 5.76 Å². The molecule has 2 aromatic rings. The Balaban J connectivity index is 1.93. The Labute approximate surface area is 139 Å². The molecule has 0 aliphatic carbocycles. The summed E-state index contributed by atoms with van der Waals surface area (Å²) in [5.41, 5.74) is 0.961. The van der Waals surface area contributed by atoms with E-state index in [2.05, 4.69) is 5.32 Å². The van der Waals surface area contributed by atoms with Crippen LogP contribution in [0.5, 0.6) is 5.75 Å². The Morgan fingerprint density at radius 3 is 2.67 bits per heavy atom. The van der Waals surface area contributed by atoms with E-state index in [0.717, 1.165) is 5.56 Å². The zero-order valence-corrected chi connectivity index (χ0v) is 13.5. The van der Waals surface area contributed by atoms with Gasteiger partial charge in [-0.15, -0.1) is 0 Å². The molecule has 1 heterocycles. The molecule has 0 radical (unpaired) electrons. The Bertz CT molecular complexity index is 722. The molecule has 7 heteroatoms. The molecule has 0 saturated heterocycles. The molecule has 0 atom stereocenters. The number of rotatable bonds is 8. The highest BCUT2D eigenvalue weighted by molar-refractivity contribution is 5.91. The molecule has 0 aliphatic heterocycles. The molecular formula is C17H19NO6. The van der Waals surface area contributed by atoms with Crippen molar-refractivity contribution < 1.29 is 28.6 Å². The number of benzene rings is 1. The number of carboxylic acids is 1. The molecule has 24 heavy (non-hydrogen) atoms. The summed E-state index contributed by atoms with van der Waals surface area (Å²) in [6.45, 7) is 0.669. The van der Waals surface area contributed by atoms with E-state index in [9.17, 15) is 9.59 Å². The smallest absolute Gasteiger partial charge is 0.335 e. The number of hydrogen-bond acceptors (Lipinski definition) is 5. The van der Waals surface area contributed by atoms with Crippen LogP contribution in [0.15, 0.2) is 34.7 Å². The van der Waals surface area contributed by atoms with Crippen molar-refractivity contribution in [2.45, 2.75) is 13.0 Å². The van der Waals surface area contributed by atoms with Crippen molar-refractivity contribution in [3.8, 4) is 5.75 Å². The zero-order valence-electron chi connectivity index (χ0n) is 13.5. The molecule has 0 saturated carbocycles. The highest BCUT2D eigenvalue weighted by atomic mass is 16.5. The number of furan rings is 1. The average molecular weight is 333 g/mol. The molecular weight excluding hydrogens is 314 g/mol. The highest BCUT2D eigenvalue weighted by Gasteiger charge is 2.12. The third kappa shape index (κ3) is 4.36. The SMILES string of the molecule is COCc1ccc(C(=O)NCCc2ccc(C(=O)O)cc2OC)o1. The third-order valence-corrected chi connectivity index (χ3v) is 3.39. The first-order chi connectivity index (χ1) is 11.5. The first-order valence-electron chi connectivity index (χ1n) is 7.31. The van der Waals surface area contributed by atoms with Crippen LogP contribution in [-0.4, -0.2) is 37.7 Å². The second kappa shape index (κ2) is 8.16. The van der Waals surface area contributed by atoms with Gasteiger partial charge >= 0.3 is 5.97 Å². The van der Waals surface area contributed by atoms with Crippen molar-refractivity contribution in [1.29, 1.82) is 0 Å². The van der Waals surface area contributed by atoms with E-state index >= 15 is 0 Å². The summed E-state index contributed by atoms with van der Waals surface area (Å²) in [7, 11) is 3.02. The lowest BCUT2D eigenvalue weighted by molar-refractivity contribution is 0.0696. The summed E-state index contributed by atoms with van der Waals surface area (Å²) in [5.74, 6) is -0.0651. The number of nitrogens with one attached hydrogen (secondary N) is 1. The summed E-state index contributed by atoms with van der Waals surface area (Å²) in [5, 5.41) is 11.7. The standard InChI is InChI=1S/C17H19NO6/c1-22-10-13-5-6-14(24-13)16(19)18-8-7-11-3-4-12(17(20)21)9-15(11)23-2/h3-6,9H,7-8,10H2,1-2H3,(H,18,19)(H,20,21). The maximum atomic E-state index is 12.0. The maximum absolute atomic E-state index is 12.0. The number of ether oxygens (including phenoxy) is 2. The van der Waals surface area contributed by atoms with Gasteiger partial charge in [-0.25, -0.2) is 4.79 Å². The molecule has 1 aromatic carbocycles. The van der Waals surface area contributed by atoms with Crippen molar-refractivity contribution in [3.05, 3.63) is 53.0 Å². The number of carboxylic acid groups (broad SMARTS) is 1.